The number of nitrogens with one attached hydrogen (secondary N) is 1. The van der Waals surface area contributed by atoms with E-state index in [2.05, 4.69) is 42.7 Å². The van der Waals surface area contributed by atoms with Crippen LogP contribution in [0.5, 0.6) is 0 Å². The summed E-state index contributed by atoms with van der Waals surface area (Å²) in [6, 6.07) is 4.56. The maximum atomic E-state index is 4.44. The van der Waals surface area contributed by atoms with Crippen molar-refractivity contribution in [1.29, 1.82) is 0 Å². The summed E-state index contributed by atoms with van der Waals surface area (Å²) in [6.45, 7) is 1.91. The van der Waals surface area contributed by atoms with Crippen molar-refractivity contribution in [3.63, 3.8) is 0 Å². The molecule has 0 spiro atoms. The molecule has 1 N–H and O–H groups in total. The predicted molar refractivity (Wildman–Crippen MR) is 78.1 cm³/mol. The fourth-order valence-electron chi connectivity index (χ4n) is 2.42. The number of fused-ring (bicyclic) bond motifs is 1. The number of aryl methyl sites for hydroxylation is 2. The molecule has 1 atom stereocenters. The number of anilines is 1. The first kappa shape index (κ1) is 12.1. The van der Waals surface area contributed by atoms with Crippen molar-refractivity contribution in [2.75, 3.05) is 5.32 Å². The van der Waals surface area contributed by atoms with E-state index in [-0.39, 0.29) is 0 Å². The van der Waals surface area contributed by atoms with Crippen molar-refractivity contribution >= 4 is 33.1 Å². The zero-order valence-electron chi connectivity index (χ0n) is 10.1. The highest BCUT2D eigenvalue weighted by molar-refractivity contribution is 9.10. The minimum Gasteiger partial charge on any atom is -0.363 e. The summed E-state index contributed by atoms with van der Waals surface area (Å²) in [5.74, 6) is 1.69. The average molecular weight is 324 g/mol. The summed E-state index contributed by atoms with van der Waals surface area (Å²) in [5.41, 5.74) is 1.44. The maximum absolute atomic E-state index is 4.44. The number of hydrogen-bond acceptors (Lipinski definition) is 4. The topological polar surface area (TPSA) is 37.8 Å². The molecule has 0 amide bonds. The zero-order valence-corrected chi connectivity index (χ0v) is 12.5. The van der Waals surface area contributed by atoms with E-state index in [1.165, 1.54) is 29.7 Å². The van der Waals surface area contributed by atoms with Gasteiger partial charge in [-0.2, -0.15) is 0 Å². The number of rotatable bonds is 2. The highest BCUT2D eigenvalue weighted by Gasteiger charge is 2.21. The van der Waals surface area contributed by atoms with E-state index in [4.69, 9.17) is 0 Å². The molecule has 5 heteroatoms. The van der Waals surface area contributed by atoms with E-state index >= 15 is 0 Å². The summed E-state index contributed by atoms with van der Waals surface area (Å²) >= 11 is 5.28. The molecule has 3 nitrogen and oxygen atoms in total. The van der Waals surface area contributed by atoms with Gasteiger partial charge in [0.05, 0.1) is 6.04 Å². The second-order valence-electron chi connectivity index (χ2n) is 4.51. The van der Waals surface area contributed by atoms with Crippen molar-refractivity contribution in [1.82, 2.24) is 9.97 Å². The second-order valence-corrected chi connectivity index (χ2v) is 6.32. The van der Waals surface area contributed by atoms with Crippen molar-refractivity contribution in [2.45, 2.75) is 32.2 Å². The Bertz CT molecular complexity index is 547. The van der Waals surface area contributed by atoms with Crippen LogP contribution in [0.15, 0.2) is 22.1 Å². The molecule has 1 aliphatic rings. The Hall–Kier alpha value is -0.940. The third kappa shape index (κ3) is 2.42. The number of hydrogen-bond donors (Lipinski definition) is 1. The van der Waals surface area contributed by atoms with Gasteiger partial charge in [-0.15, -0.1) is 11.3 Å². The minimum atomic E-state index is 0.390. The van der Waals surface area contributed by atoms with E-state index in [1.54, 1.807) is 0 Å². The van der Waals surface area contributed by atoms with E-state index in [0.717, 1.165) is 16.2 Å². The molecule has 3 rings (SSSR count). The van der Waals surface area contributed by atoms with Gasteiger partial charge in [-0.1, -0.05) is 0 Å². The molecule has 0 saturated heterocycles. The fourth-order valence-corrected chi connectivity index (χ4v) is 3.88. The van der Waals surface area contributed by atoms with Gasteiger partial charge in [0.15, 0.2) is 0 Å². The van der Waals surface area contributed by atoms with Crippen LogP contribution in [-0.4, -0.2) is 9.97 Å². The minimum absolute atomic E-state index is 0.390. The third-order valence-corrected chi connectivity index (χ3v) is 4.58. The Morgan fingerprint density at radius 2 is 2.33 bits per heavy atom. The Morgan fingerprint density at radius 3 is 3.17 bits per heavy atom. The van der Waals surface area contributed by atoms with Gasteiger partial charge >= 0.3 is 0 Å². The molecule has 0 fully saturated rings. The molecule has 0 aliphatic heterocycles. The molecule has 2 aromatic heterocycles. The van der Waals surface area contributed by atoms with Gasteiger partial charge in [-0.05, 0) is 59.1 Å². The lowest BCUT2D eigenvalue weighted by Gasteiger charge is -2.24. The van der Waals surface area contributed by atoms with Crippen molar-refractivity contribution in [2.24, 2.45) is 0 Å². The van der Waals surface area contributed by atoms with Crippen molar-refractivity contribution in [3.05, 3.63) is 38.4 Å². The van der Waals surface area contributed by atoms with Crippen LogP contribution in [0.25, 0.3) is 0 Å². The average Bonchev–Trinajstić information content (AvgIpc) is 2.76. The molecular weight excluding hydrogens is 310 g/mol. The Balaban J connectivity index is 1.86. The third-order valence-electron chi connectivity index (χ3n) is 3.18. The van der Waals surface area contributed by atoms with Crippen LogP contribution in [0.3, 0.4) is 0 Å². The monoisotopic (exact) mass is 323 g/mol. The molecule has 94 valence electrons. The molecule has 0 aromatic carbocycles. The molecular formula is C13H14BrN3S. The highest BCUT2D eigenvalue weighted by atomic mass is 79.9. The molecule has 18 heavy (non-hydrogen) atoms. The number of thiophene rings is 1. The van der Waals surface area contributed by atoms with Gasteiger partial charge in [0.2, 0.25) is 0 Å². The quantitative estimate of drug-likeness (QED) is 0.845. The van der Waals surface area contributed by atoms with Crippen LogP contribution in [0.2, 0.25) is 0 Å². The molecule has 2 aromatic rings. The van der Waals surface area contributed by atoms with Crippen LogP contribution < -0.4 is 5.32 Å². The van der Waals surface area contributed by atoms with E-state index in [1.807, 2.05) is 24.3 Å². The smallest absolute Gasteiger partial charge is 0.131 e. The van der Waals surface area contributed by atoms with Gasteiger partial charge in [-0.25, -0.2) is 9.97 Å². The van der Waals surface area contributed by atoms with Gasteiger partial charge < -0.3 is 5.32 Å². The fraction of sp³-hybridized carbons (Fsp3) is 0.385. The predicted octanol–water partition coefficient (Wildman–Crippen LogP) is 4.10. The summed E-state index contributed by atoms with van der Waals surface area (Å²) in [4.78, 5) is 10.2. The molecule has 2 heterocycles. The summed E-state index contributed by atoms with van der Waals surface area (Å²) in [6.07, 6.45) is 3.64. The first-order chi connectivity index (χ1) is 8.72. The normalized spacial score (nSPS) is 18.4. The van der Waals surface area contributed by atoms with Gasteiger partial charge in [0, 0.05) is 10.9 Å². The molecule has 1 unspecified atom stereocenters. The van der Waals surface area contributed by atoms with Crippen LogP contribution in [0.1, 0.15) is 35.1 Å². The number of nitrogens with zero attached hydrogens (tertiary/aromatic N) is 2. The summed E-state index contributed by atoms with van der Waals surface area (Å²) in [5, 5.41) is 5.72. The Labute approximate surface area is 119 Å². The largest absolute Gasteiger partial charge is 0.363 e. The lowest BCUT2D eigenvalue weighted by Crippen LogP contribution is -2.16. The van der Waals surface area contributed by atoms with E-state index in [0.29, 0.717) is 6.04 Å². The molecule has 0 saturated carbocycles. The maximum Gasteiger partial charge on any atom is 0.131 e. The zero-order chi connectivity index (χ0) is 12.5. The van der Waals surface area contributed by atoms with Crippen LogP contribution in [0, 0.1) is 6.92 Å². The molecule has 1 aliphatic carbocycles. The van der Waals surface area contributed by atoms with E-state index in [9.17, 15) is 0 Å². The number of aromatic nitrogens is 2. The second kappa shape index (κ2) is 4.97. The summed E-state index contributed by atoms with van der Waals surface area (Å²) in [7, 11) is 0. The van der Waals surface area contributed by atoms with Crippen molar-refractivity contribution < 1.29 is 0 Å². The van der Waals surface area contributed by atoms with Crippen LogP contribution in [-0.2, 0) is 6.42 Å². The first-order valence-electron chi connectivity index (χ1n) is 6.06. The Morgan fingerprint density at radius 1 is 1.44 bits per heavy atom. The number of halogens is 1. The van der Waals surface area contributed by atoms with Crippen LogP contribution in [0.4, 0.5) is 5.82 Å². The molecule has 0 radical (unpaired) electrons. The van der Waals surface area contributed by atoms with Crippen LogP contribution >= 0.6 is 27.3 Å². The van der Waals surface area contributed by atoms with Gasteiger partial charge in [0.25, 0.3) is 0 Å². The lowest BCUT2D eigenvalue weighted by molar-refractivity contribution is 0.606. The first-order valence-corrected chi connectivity index (χ1v) is 7.73. The standard InChI is InChI=1S/C13H14BrN3S/c1-8-15-12(14)7-13(16-8)17-10-3-2-4-11-9(10)5-6-18-11/h5-7,10H,2-4H2,1H3,(H,15,16,17). The van der Waals surface area contributed by atoms with Gasteiger partial charge in [-0.3, -0.25) is 0 Å². The van der Waals surface area contributed by atoms with Crippen molar-refractivity contribution in [3.8, 4) is 0 Å². The van der Waals surface area contributed by atoms with E-state index < -0.39 is 0 Å². The summed E-state index contributed by atoms with van der Waals surface area (Å²) < 4.78 is 0.832. The Kier molecular flexibility index (Phi) is 3.35. The lowest BCUT2D eigenvalue weighted by atomic mass is 9.94. The molecule has 0 bridgehead atoms. The van der Waals surface area contributed by atoms with Gasteiger partial charge in [0.1, 0.15) is 16.2 Å². The highest BCUT2D eigenvalue weighted by Crippen LogP contribution is 2.35. The SMILES string of the molecule is Cc1nc(Br)cc(NC2CCCc3sccc32)n1.